The second-order valence-corrected chi connectivity index (χ2v) is 7.17. The molecular formula is C18H38N2. The lowest BCUT2D eigenvalue weighted by molar-refractivity contribution is 0.0860. The van der Waals surface area contributed by atoms with Gasteiger partial charge < -0.3 is 9.80 Å². The number of rotatable bonds is 3. The van der Waals surface area contributed by atoms with Crippen molar-refractivity contribution in [1.29, 1.82) is 0 Å². The van der Waals surface area contributed by atoms with Gasteiger partial charge >= 0.3 is 0 Å². The van der Waals surface area contributed by atoms with Gasteiger partial charge in [0.1, 0.15) is 0 Å². The molecule has 0 unspecified atom stereocenters. The summed E-state index contributed by atoms with van der Waals surface area (Å²) >= 11 is 0. The van der Waals surface area contributed by atoms with Gasteiger partial charge in [-0.3, -0.25) is 0 Å². The van der Waals surface area contributed by atoms with Crippen LogP contribution >= 0.6 is 0 Å². The molecule has 2 fully saturated rings. The minimum atomic E-state index is 0.881. The summed E-state index contributed by atoms with van der Waals surface area (Å²) < 4.78 is 0. The smallest absolute Gasteiger partial charge is 0.00132 e. The molecule has 2 heterocycles. The van der Waals surface area contributed by atoms with Crippen LogP contribution in [0.4, 0.5) is 0 Å². The van der Waals surface area contributed by atoms with Crippen molar-refractivity contribution in [2.75, 3.05) is 39.8 Å². The van der Waals surface area contributed by atoms with E-state index in [0.717, 1.165) is 23.7 Å². The second kappa shape index (κ2) is 9.04. The zero-order valence-electron chi connectivity index (χ0n) is 14.9. The highest BCUT2D eigenvalue weighted by Crippen LogP contribution is 2.28. The number of piperidine rings is 2. The van der Waals surface area contributed by atoms with Gasteiger partial charge in [-0.1, -0.05) is 34.6 Å². The van der Waals surface area contributed by atoms with Crippen molar-refractivity contribution in [2.45, 2.75) is 53.9 Å². The standard InChI is InChI=1S/C16H32N2.C2H6/c1-13(2)15-6-9-18(10-7-15)12-16-5-8-17(4)11-14(16)3;1-2/h13-16H,5-12H2,1-4H3;1-2H3/t14-,16-;/m1./s1. The van der Waals surface area contributed by atoms with Gasteiger partial charge in [-0.05, 0) is 69.6 Å². The molecule has 2 saturated heterocycles. The summed E-state index contributed by atoms with van der Waals surface area (Å²) in [6, 6.07) is 0. The first-order chi connectivity index (χ1) is 9.56. The van der Waals surface area contributed by atoms with Gasteiger partial charge in [0.2, 0.25) is 0 Å². The first kappa shape index (κ1) is 18.0. The summed E-state index contributed by atoms with van der Waals surface area (Å²) in [5.41, 5.74) is 0. The first-order valence-corrected chi connectivity index (χ1v) is 8.97. The van der Waals surface area contributed by atoms with Gasteiger partial charge in [-0.25, -0.2) is 0 Å². The molecule has 120 valence electrons. The molecule has 20 heavy (non-hydrogen) atoms. The number of hydrogen-bond acceptors (Lipinski definition) is 2. The van der Waals surface area contributed by atoms with Crippen molar-refractivity contribution in [3.05, 3.63) is 0 Å². The van der Waals surface area contributed by atoms with E-state index >= 15 is 0 Å². The molecule has 0 radical (unpaired) electrons. The molecule has 0 aromatic carbocycles. The Morgan fingerprint density at radius 2 is 1.60 bits per heavy atom. The molecule has 2 aliphatic rings. The Morgan fingerprint density at radius 1 is 1.00 bits per heavy atom. The fraction of sp³-hybridized carbons (Fsp3) is 1.00. The van der Waals surface area contributed by atoms with Crippen molar-refractivity contribution in [1.82, 2.24) is 9.80 Å². The van der Waals surface area contributed by atoms with E-state index in [1.807, 2.05) is 13.8 Å². The lowest BCUT2D eigenvalue weighted by Gasteiger charge is -2.40. The molecular weight excluding hydrogens is 244 g/mol. The Labute approximate surface area is 127 Å². The van der Waals surface area contributed by atoms with Crippen LogP contribution in [-0.2, 0) is 0 Å². The highest BCUT2D eigenvalue weighted by atomic mass is 15.1. The Bertz CT molecular complexity index is 244. The topological polar surface area (TPSA) is 6.48 Å². The van der Waals surface area contributed by atoms with Gasteiger partial charge in [0.05, 0.1) is 0 Å². The average Bonchev–Trinajstić information content (AvgIpc) is 2.45. The van der Waals surface area contributed by atoms with E-state index in [2.05, 4.69) is 37.6 Å². The fourth-order valence-electron chi connectivity index (χ4n) is 3.81. The van der Waals surface area contributed by atoms with Crippen LogP contribution in [0.3, 0.4) is 0 Å². The third-order valence-corrected chi connectivity index (χ3v) is 5.35. The average molecular weight is 283 g/mol. The van der Waals surface area contributed by atoms with E-state index in [-0.39, 0.29) is 0 Å². The maximum absolute atomic E-state index is 2.74. The van der Waals surface area contributed by atoms with Crippen molar-refractivity contribution in [3.63, 3.8) is 0 Å². The Kier molecular flexibility index (Phi) is 8.13. The van der Waals surface area contributed by atoms with E-state index < -0.39 is 0 Å². The summed E-state index contributed by atoms with van der Waals surface area (Å²) in [6.07, 6.45) is 4.26. The summed E-state index contributed by atoms with van der Waals surface area (Å²) in [5, 5.41) is 0. The molecule has 0 aliphatic carbocycles. The van der Waals surface area contributed by atoms with Gasteiger partial charge in [0.25, 0.3) is 0 Å². The van der Waals surface area contributed by atoms with Crippen molar-refractivity contribution in [2.24, 2.45) is 23.7 Å². The van der Waals surface area contributed by atoms with Gasteiger partial charge in [0, 0.05) is 13.1 Å². The molecule has 0 spiro atoms. The maximum Gasteiger partial charge on any atom is 0.00132 e. The normalized spacial score (nSPS) is 30.1. The molecule has 2 heteroatoms. The van der Waals surface area contributed by atoms with Crippen LogP contribution in [0.2, 0.25) is 0 Å². The highest BCUT2D eigenvalue weighted by Gasteiger charge is 2.28. The van der Waals surface area contributed by atoms with Crippen molar-refractivity contribution < 1.29 is 0 Å². The quantitative estimate of drug-likeness (QED) is 0.773. The molecule has 0 saturated carbocycles. The molecule has 0 aromatic heterocycles. The zero-order valence-corrected chi connectivity index (χ0v) is 14.9. The van der Waals surface area contributed by atoms with Crippen LogP contribution < -0.4 is 0 Å². The van der Waals surface area contributed by atoms with E-state index in [1.165, 1.54) is 52.0 Å². The van der Waals surface area contributed by atoms with Crippen LogP contribution in [-0.4, -0.2) is 49.6 Å². The predicted octanol–water partition coefficient (Wildman–Crippen LogP) is 3.97. The summed E-state index contributed by atoms with van der Waals surface area (Å²) in [6.45, 7) is 17.9. The first-order valence-electron chi connectivity index (χ1n) is 8.97. The van der Waals surface area contributed by atoms with Crippen molar-refractivity contribution in [3.8, 4) is 0 Å². The van der Waals surface area contributed by atoms with E-state index in [9.17, 15) is 0 Å². The molecule has 2 nitrogen and oxygen atoms in total. The molecule has 2 aliphatic heterocycles. The molecule has 2 rings (SSSR count). The number of likely N-dealkylation sites (tertiary alicyclic amines) is 2. The van der Waals surface area contributed by atoms with Gasteiger partial charge in [0.15, 0.2) is 0 Å². The second-order valence-electron chi connectivity index (χ2n) is 7.17. The maximum atomic E-state index is 2.74. The zero-order chi connectivity index (χ0) is 15.1. The lowest BCUT2D eigenvalue weighted by Crippen LogP contribution is -2.44. The van der Waals surface area contributed by atoms with E-state index in [0.29, 0.717) is 0 Å². The highest BCUT2D eigenvalue weighted by molar-refractivity contribution is 4.81. The number of nitrogens with zero attached hydrogens (tertiary/aromatic N) is 2. The molecule has 0 bridgehead atoms. The molecule has 0 amide bonds. The minimum absolute atomic E-state index is 0.881. The van der Waals surface area contributed by atoms with Crippen molar-refractivity contribution >= 4 is 0 Å². The van der Waals surface area contributed by atoms with Crippen LogP contribution in [0.25, 0.3) is 0 Å². The number of hydrogen-bond donors (Lipinski definition) is 0. The Morgan fingerprint density at radius 3 is 2.10 bits per heavy atom. The minimum Gasteiger partial charge on any atom is -0.306 e. The largest absolute Gasteiger partial charge is 0.306 e. The summed E-state index contributed by atoms with van der Waals surface area (Å²) in [4.78, 5) is 5.23. The van der Waals surface area contributed by atoms with E-state index in [4.69, 9.17) is 0 Å². The van der Waals surface area contributed by atoms with E-state index in [1.54, 1.807) is 0 Å². The van der Waals surface area contributed by atoms with Gasteiger partial charge in [-0.15, -0.1) is 0 Å². The van der Waals surface area contributed by atoms with Crippen LogP contribution in [0, 0.1) is 23.7 Å². The predicted molar refractivity (Wildman–Crippen MR) is 90.1 cm³/mol. The Hall–Kier alpha value is -0.0800. The fourth-order valence-corrected chi connectivity index (χ4v) is 3.81. The molecule has 2 atom stereocenters. The summed E-state index contributed by atoms with van der Waals surface area (Å²) in [5.74, 6) is 3.69. The SMILES string of the molecule is CC.CC(C)C1CCN(C[C@H]2CCN(C)C[C@H]2C)CC1. The summed E-state index contributed by atoms with van der Waals surface area (Å²) in [7, 11) is 2.26. The third kappa shape index (κ3) is 5.37. The third-order valence-electron chi connectivity index (χ3n) is 5.35. The monoisotopic (exact) mass is 282 g/mol. The van der Waals surface area contributed by atoms with Gasteiger partial charge in [-0.2, -0.15) is 0 Å². The van der Waals surface area contributed by atoms with Crippen LogP contribution in [0.5, 0.6) is 0 Å². The van der Waals surface area contributed by atoms with Crippen LogP contribution in [0.15, 0.2) is 0 Å². The molecule has 0 N–H and O–H groups in total. The Balaban J connectivity index is 0.000000956. The van der Waals surface area contributed by atoms with Crippen LogP contribution in [0.1, 0.15) is 53.9 Å². The molecule has 0 aromatic rings. The lowest BCUT2D eigenvalue weighted by atomic mass is 9.84.